The number of carbonyl (C=O) groups excluding carboxylic acids is 1. The topological polar surface area (TPSA) is 69.7 Å². The van der Waals surface area contributed by atoms with Crippen LogP contribution in [-0.2, 0) is 14.8 Å². The molecule has 0 unspecified atom stereocenters. The zero-order valence-electron chi connectivity index (χ0n) is 16.9. The van der Waals surface area contributed by atoms with Crippen molar-refractivity contribution in [2.75, 3.05) is 38.0 Å². The Balaban J connectivity index is 1.72. The number of benzene rings is 2. The molecule has 1 saturated heterocycles. The van der Waals surface area contributed by atoms with Crippen LogP contribution in [0.2, 0.25) is 0 Å². The van der Waals surface area contributed by atoms with E-state index in [1.807, 2.05) is 31.2 Å². The largest absolute Gasteiger partial charge is 0.325 e. The summed E-state index contributed by atoms with van der Waals surface area (Å²) in [6.45, 7) is 4.64. The SMILES string of the molecule is Cc1ccc(NC(=O)CN(CCN2CCCCC2)S(=O)(=O)c2ccccc2)cc1. The predicted molar refractivity (Wildman–Crippen MR) is 115 cm³/mol. The van der Waals surface area contributed by atoms with Crippen molar-refractivity contribution in [3.63, 3.8) is 0 Å². The Kier molecular flexibility index (Phi) is 7.41. The summed E-state index contributed by atoms with van der Waals surface area (Å²) in [6, 6.07) is 15.8. The smallest absolute Gasteiger partial charge is 0.243 e. The van der Waals surface area contributed by atoms with Gasteiger partial charge in [-0.05, 0) is 57.1 Å². The maximum absolute atomic E-state index is 13.2. The number of nitrogens with zero attached hydrogens (tertiary/aromatic N) is 2. The van der Waals surface area contributed by atoms with E-state index in [-0.39, 0.29) is 17.3 Å². The Labute approximate surface area is 173 Å². The van der Waals surface area contributed by atoms with Crippen LogP contribution in [0, 0.1) is 6.92 Å². The van der Waals surface area contributed by atoms with Crippen LogP contribution < -0.4 is 5.32 Å². The summed E-state index contributed by atoms with van der Waals surface area (Å²) in [5, 5.41) is 2.80. The maximum atomic E-state index is 13.2. The molecular formula is C22H29N3O3S. The number of likely N-dealkylation sites (tertiary alicyclic amines) is 1. The summed E-state index contributed by atoms with van der Waals surface area (Å²) < 4.78 is 27.6. The van der Waals surface area contributed by atoms with Crippen LogP contribution in [0.25, 0.3) is 0 Å². The molecule has 0 bridgehead atoms. The van der Waals surface area contributed by atoms with Gasteiger partial charge in [-0.25, -0.2) is 8.42 Å². The minimum Gasteiger partial charge on any atom is -0.325 e. The second kappa shape index (κ2) is 10.0. The Morgan fingerprint density at radius 2 is 1.66 bits per heavy atom. The third kappa shape index (κ3) is 6.13. The molecule has 1 N–H and O–H groups in total. The van der Waals surface area contributed by atoms with Crippen molar-refractivity contribution >= 4 is 21.6 Å². The van der Waals surface area contributed by atoms with Crippen LogP contribution >= 0.6 is 0 Å². The van der Waals surface area contributed by atoms with Crippen molar-refractivity contribution in [2.45, 2.75) is 31.1 Å². The lowest BCUT2D eigenvalue weighted by Gasteiger charge is -2.29. The van der Waals surface area contributed by atoms with Gasteiger partial charge in [-0.2, -0.15) is 4.31 Å². The van der Waals surface area contributed by atoms with Crippen LogP contribution in [-0.4, -0.2) is 56.3 Å². The van der Waals surface area contributed by atoms with Crippen molar-refractivity contribution < 1.29 is 13.2 Å². The molecule has 0 aromatic heterocycles. The van der Waals surface area contributed by atoms with E-state index in [9.17, 15) is 13.2 Å². The maximum Gasteiger partial charge on any atom is 0.243 e. The number of sulfonamides is 1. The lowest BCUT2D eigenvalue weighted by molar-refractivity contribution is -0.116. The zero-order chi connectivity index (χ0) is 20.7. The molecule has 2 aromatic rings. The number of amides is 1. The van der Waals surface area contributed by atoms with Gasteiger partial charge in [0.05, 0.1) is 11.4 Å². The van der Waals surface area contributed by atoms with Gasteiger partial charge in [0.25, 0.3) is 0 Å². The van der Waals surface area contributed by atoms with Gasteiger partial charge >= 0.3 is 0 Å². The normalized spacial score (nSPS) is 15.4. The molecule has 0 spiro atoms. The Hall–Kier alpha value is -2.22. The van der Waals surface area contributed by atoms with E-state index < -0.39 is 10.0 Å². The second-order valence-corrected chi connectivity index (χ2v) is 9.41. The van der Waals surface area contributed by atoms with Crippen LogP contribution in [0.1, 0.15) is 24.8 Å². The van der Waals surface area contributed by atoms with E-state index in [2.05, 4.69) is 10.2 Å². The molecule has 0 aliphatic carbocycles. The molecule has 2 aromatic carbocycles. The van der Waals surface area contributed by atoms with E-state index in [1.165, 1.54) is 10.7 Å². The van der Waals surface area contributed by atoms with E-state index in [0.717, 1.165) is 31.5 Å². The monoisotopic (exact) mass is 415 g/mol. The summed E-state index contributed by atoms with van der Waals surface area (Å²) >= 11 is 0. The third-order valence-electron chi connectivity index (χ3n) is 5.15. The molecule has 1 aliphatic rings. The van der Waals surface area contributed by atoms with Crippen LogP contribution in [0.15, 0.2) is 59.5 Å². The minimum absolute atomic E-state index is 0.209. The number of hydrogen-bond donors (Lipinski definition) is 1. The van der Waals surface area contributed by atoms with Crippen molar-refractivity contribution in [2.24, 2.45) is 0 Å². The average molecular weight is 416 g/mol. The Bertz CT molecular complexity index is 893. The van der Waals surface area contributed by atoms with E-state index in [1.54, 1.807) is 30.3 Å². The number of aryl methyl sites for hydroxylation is 1. The first-order chi connectivity index (χ1) is 13.9. The fraction of sp³-hybridized carbons (Fsp3) is 0.409. The summed E-state index contributed by atoms with van der Waals surface area (Å²) in [5.74, 6) is -0.341. The number of hydrogen-bond acceptors (Lipinski definition) is 4. The zero-order valence-corrected chi connectivity index (χ0v) is 17.7. The van der Waals surface area contributed by atoms with Crippen molar-refractivity contribution in [3.05, 3.63) is 60.2 Å². The van der Waals surface area contributed by atoms with Crippen LogP contribution in [0.4, 0.5) is 5.69 Å². The van der Waals surface area contributed by atoms with Gasteiger partial charge in [0.1, 0.15) is 0 Å². The molecule has 1 fully saturated rings. The summed E-state index contributed by atoms with van der Waals surface area (Å²) in [7, 11) is -3.75. The highest BCUT2D eigenvalue weighted by Gasteiger charge is 2.27. The summed E-state index contributed by atoms with van der Waals surface area (Å²) in [5.41, 5.74) is 1.76. The number of anilines is 1. The fourth-order valence-electron chi connectivity index (χ4n) is 3.46. The van der Waals surface area contributed by atoms with Gasteiger partial charge in [-0.1, -0.05) is 42.3 Å². The minimum atomic E-state index is -3.75. The van der Waals surface area contributed by atoms with Gasteiger partial charge in [-0.3, -0.25) is 4.79 Å². The number of piperidine rings is 1. The molecule has 7 heteroatoms. The lowest BCUT2D eigenvalue weighted by atomic mass is 10.1. The standard InChI is InChI=1S/C22H29N3O3S/c1-19-10-12-20(13-11-19)23-22(26)18-25(17-16-24-14-6-3-7-15-24)29(27,28)21-8-4-2-5-9-21/h2,4-5,8-13H,3,6-7,14-18H2,1H3,(H,23,26). The van der Waals surface area contributed by atoms with Crippen LogP contribution in [0.3, 0.4) is 0 Å². The van der Waals surface area contributed by atoms with Crippen molar-refractivity contribution in [1.29, 1.82) is 0 Å². The van der Waals surface area contributed by atoms with Gasteiger partial charge in [0.2, 0.25) is 15.9 Å². The molecule has 1 heterocycles. The predicted octanol–water partition coefficient (Wildman–Crippen LogP) is 3.11. The Morgan fingerprint density at radius 1 is 1.00 bits per heavy atom. The molecule has 0 radical (unpaired) electrons. The highest BCUT2D eigenvalue weighted by Crippen LogP contribution is 2.17. The molecule has 156 valence electrons. The number of nitrogens with one attached hydrogen (secondary N) is 1. The second-order valence-electron chi connectivity index (χ2n) is 7.47. The molecule has 1 amide bonds. The van der Waals surface area contributed by atoms with Gasteiger partial charge in [0.15, 0.2) is 0 Å². The lowest BCUT2D eigenvalue weighted by Crippen LogP contribution is -2.43. The molecule has 29 heavy (non-hydrogen) atoms. The summed E-state index contributed by atoms with van der Waals surface area (Å²) in [6.07, 6.45) is 3.50. The molecule has 0 saturated carbocycles. The van der Waals surface area contributed by atoms with Gasteiger partial charge in [-0.15, -0.1) is 0 Å². The highest BCUT2D eigenvalue weighted by atomic mass is 32.2. The summed E-state index contributed by atoms with van der Waals surface area (Å²) in [4.78, 5) is 15.1. The first kappa shape index (κ1) is 21.5. The van der Waals surface area contributed by atoms with Crippen LogP contribution in [0.5, 0.6) is 0 Å². The Morgan fingerprint density at radius 3 is 2.31 bits per heavy atom. The van der Waals surface area contributed by atoms with E-state index in [4.69, 9.17) is 0 Å². The highest BCUT2D eigenvalue weighted by molar-refractivity contribution is 7.89. The van der Waals surface area contributed by atoms with E-state index in [0.29, 0.717) is 18.8 Å². The molecule has 1 aliphatic heterocycles. The number of rotatable bonds is 8. The molecular weight excluding hydrogens is 386 g/mol. The van der Waals surface area contributed by atoms with Gasteiger partial charge < -0.3 is 10.2 Å². The first-order valence-corrected chi connectivity index (χ1v) is 11.5. The molecule has 6 nitrogen and oxygen atoms in total. The van der Waals surface area contributed by atoms with Crippen molar-refractivity contribution in [1.82, 2.24) is 9.21 Å². The molecule has 3 rings (SSSR count). The first-order valence-electron chi connectivity index (χ1n) is 10.1. The van der Waals surface area contributed by atoms with Gasteiger partial charge in [0, 0.05) is 18.8 Å². The molecule has 0 atom stereocenters. The quantitative estimate of drug-likeness (QED) is 0.719. The third-order valence-corrected chi connectivity index (χ3v) is 7.01. The number of carbonyl (C=O) groups is 1. The average Bonchev–Trinajstić information content (AvgIpc) is 2.74. The van der Waals surface area contributed by atoms with E-state index >= 15 is 0 Å². The fourth-order valence-corrected chi connectivity index (χ4v) is 4.87. The van der Waals surface area contributed by atoms with Crippen molar-refractivity contribution in [3.8, 4) is 0 Å².